The largest absolute Gasteiger partial charge is 0.370 e. The van der Waals surface area contributed by atoms with Crippen molar-refractivity contribution in [1.82, 2.24) is 0 Å². The molecule has 0 aliphatic carbocycles. The molecule has 0 saturated carbocycles. The Balaban J connectivity index is 2.40. The van der Waals surface area contributed by atoms with Gasteiger partial charge in [-0.15, -0.1) is 0 Å². The van der Waals surface area contributed by atoms with Crippen molar-refractivity contribution in [3.8, 4) is 0 Å². The number of nitrogens with two attached hydrogens (primary N) is 1. The molecular formula is C11H15N3. The molecule has 74 valence electrons. The maximum absolute atomic E-state index is 5.85. The number of rotatable bonds is 1. The van der Waals surface area contributed by atoms with Crippen molar-refractivity contribution in [2.45, 2.75) is 19.9 Å². The van der Waals surface area contributed by atoms with Crippen molar-refractivity contribution in [2.24, 2.45) is 10.7 Å². The van der Waals surface area contributed by atoms with Crippen molar-refractivity contribution >= 4 is 11.6 Å². The third-order valence-corrected chi connectivity index (χ3v) is 2.58. The van der Waals surface area contributed by atoms with Crippen LogP contribution in [0.4, 0.5) is 5.69 Å². The van der Waals surface area contributed by atoms with Gasteiger partial charge in [-0.1, -0.05) is 18.2 Å². The summed E-state index contributed by atoms with van der Waals surface area (Å²) < 4.78 is 0. The Morgan fingerprint density at radius 3 is 2.71 bits per heavy atom. The van der Waals surface area contributed by atoms with Gasteiger partial charge >= 0.3 is 0 Å². The highest BCUT2D eigenvalue weighted by Gasteiger charge is 2.24. The number of guanidine groups is 1. The molecule has 1 heterocycles. The van der Waals surface area contributed by atoms with Crippen LogP contribution in [0.1, 0.15) is 12.5 Å². The molecule has 3 nitrogen and oxygen atoms in total. The van der Waals surface area contributed by atoms with Crippen molar-refractivity contribution in [2.75, 3.05) is 11.4 Å². The van der Waals surface area contributed by atoms with E-state index in [1.807, 2.05) is 12.1 Å². The molecular weight excluding hydrogens is 174 g/mol. The summed E-state index contributed by atoms with van der Waals surface area (Å²) in [5.74, 6) is 0.631. The first-order valence-electron chi connectivity index (χ1n) is 4.85. The second-order valence-electron chi connectivity index (χ2n) is 3.70. The van der Waals surface area contributed by atoms with E-state index in [1.165, 1.54) is 11.3 Å². The fourth-order valence-electron chi connectivity index (χ4n) is 1.80. The Bertz CT molecular complexity index is 371. The topological polar surface area (TPSA) is 41.6 Å². The first-order chi connectivity index (χ1) is 6.70. The van der Waals surface area contributed by atoms with Gasteiger partial charge in [0.05, 0.1) is 12.6 Å². The van der Waals surface area contributed by atoms with Gasteiger partial charge in [-0.2, -0.15) is 0 Å². The van der Waals surface area contributed by atoms with Crippen molar-refractivity contribution < 1.29 is 0 Å². The molecule has 1 atom stereocenters. The molecule has 2 N–H and O–H groups in total. The lowest BCUT2D eigenvalue weighted by Gasteiger charge is -2.24. The fraction of sp³-hybridized carbons (Fsp3) is 0.364. The summed E-state index contributed by atoms with van der Waals surface area (Å²) >= 11 is 0. The molecule has 0 saturated heterocycles. The highest BCUT2D eigenvalue weighted by molar-refractivity contribution is 5.97. The normalized spacial score (nSPS) is 21.1. The second kappa shape index (κ2) is 3.33. The maximum atomic E-state index is 5.85. The van der Waals surface area contributed by atoms with Gasteiger partial charge in [0.1, 0.15) is 0 Å². The summed E-state index contributed by atoms with van der Waals surface area (Å²) in [5.41, 5.74) is 8.25. The van der Waals surface area contributed by atoms with Gasteiger partial charge in [-0.3, -0.25) is 4.99 Å². The Morgan fingerprint density at radius 2 is 2.14 bits per heavy atom. The van der Waals surface area contributed by atoms with Gasteiger partial charge in [0.15, 0.2) is 5.96 Å². The van der Waals surface area contributed by atoms with Gasteiger partial charge in [0, 0.05) is 5.69 Å². The average molecular weight is 189 g/mol. The molecule has 3 heteroatoms. The maximum Gasteiger partial charge on any atom is 0.196 e. The zero-order valence-electron chi connectivity index (χ0n) is 8.57. The molecule has 0 bridgehead atoms. The Hall–Kier alpha value is -1.51. The summed E-state index contributed by atoms with van der Waals surface area (Å²) in [5, 5.41) is 0. The van der Waals surface area contributed by atoms with E-state index in [-0.39, 0.29) is 0 Å². The standard InChI is InChI=1S/C11H15N3/c1-8-5-3-4-6-10(8)14-9(2)7-13-11(14)12/h3-6,9H,7H2,1-2H3,(H2,12,13). The van der Waals surface area contributed by atoms with E-state index in [9.17, 15) is 0 Å². The van der Waals surface area contributed by atoms with E-state index in [0.717, 1.165) is 6.54 Å². The highest BCUT2D eigenvalue weighted by Crippen LogP contribution is 2.23. The number of nitrogens with zero attached hydrogens (tertiary/aromatic N) is 2. The number of anilines is 1. The number of hydrogen-bond donors (Lipinski definition) is 1. The van der Waals surface area contributed by atoms with E-state index < -0.39 is 0 Å². The zero-order chi connectivity index (χ0) is 10.1. The first-order valence-corrected chi connectivity index (χ1v) is 4.85. The van der Waals surface area contributed by atoms with Gasteiger partial charge in [0.25, 0.3) is 0 Å². The third-order valence-electron chi connectivity index (χ3n) is 2.58. The minimum atomic E-state index is 0.371. The van der Waals surface area contributed by atoms with E-state index in [1.54, 1.807) is 0 Å². The fourth-order valence-corrected chi connectivity index (χ4v) is 1.80. The molecule has 1 unspecified atom stereocenters. The van der Waals surface area contributed by atoms with Crippen LogP contribution in [0.2, 0.25) is 0 Å². The summed E-state index contributed by atoms with van der Waals surface area (Å²) in [4.78, 5) is 6.33. The van der Waals surface area contributed by atoms with Crippen molar-refractivity contribution in [3.05, 3.63) is 29.8 Å². The molecule has 2 rings (SSSR count). The highest BCUT2D eigenvalue weighted by atomic mass is 15.3. The summed E-state index contributed by atoms with van der Waals surface area (Å²) in [7, 11) is 0. The van der Waals surface area contributed by atoms with Crippen LogP contribution in [0.15, 0.2) is 29.3 Å². The lowest BCUT2D eigenvalue weighted by atomic mass is 10.1. The van der Waals surface area contributed by atoms with Crippen LogP contribution >= 0.6 is 0 Å². The van der Waals surface area contributed by atoms with Crippen LogP contribution in [0, 0.1) is 6.92 Å². The molecule has 0 aromatic heterocycles. The van der Waals surface area contributed by atoms with Crippen LogP contribution in [-0.4, -0.2) is 18.5 Å². The zero-order valence-corrected chi connectivity index (χ0v) is 8.57. The van der Waals surface area contributed by atoms with Crippen molar-refractivity contribution in [1.29, 1.82) is 0 Å². The first kappa shape index (κ1) is 9.06. The predicted octanol–water partition coefficient (Wildman–Crippen LogP) is 1.52. The van der Waals surface area contributed by atoms with E-state index in [4.69, 9.17) is 5.73 Å². The Kier molecular flexibility index (Phi) is 2.15. The van der Waals surface area contributed by atoms with Crippen LogP contribution in [0.3, 0.4) is 0 Å². The van der Waals surface area contributed by atoms with E-state index in [0.29, 0.717) is 12.0 Å². The second-order valence-corrected chi connectivity index (χ2v) is 3.70. The van der Waals surface area contributed by atoms with E-state index >= 15 is 0 Å². The summed E-state index contributed by atoms with van der Waals surface area (Å²) in [6.45, 7) is 5.02. The monoisotopic (exact) mass is 189 g/mol. The van der Waals surface area contributed by atoms with Gasteiger partial charge < -0.3 is 10.6 Å². The number of aryl methyl sites for hydroxylation is 1. The summed E-state index contributed by atoms with van der Waals surface area (Å²) in [6.07, 6.45) is 0. The van der Waals surface area contributed by atoms with Crippen LogP contribution < -0.4 is 10.6 Å². The molecule has 14 heavy (non-hydrogen) atoms. The van der Waals surface area contributed by atoms with Crippen LogP contribution in [0.5, 0.6) is 0 Å². The number of para-hydroxylation sites is 1. The van der Waals surface area contributed by atoms with Gasteiger partial charge in [-0.25, -0.2) is 0 Å². The van der Waals surface area contributed by atoms with Gasteiger partial charge in [-0.05, 0) is 25.5 Å². The van der Waals surface area contributed by atoms with Crippen LogP contribution in [-0.2, 0) is 0 Å². The average Bonchev–Trinajstić information content (AvgIpc) is 2.48. The number of aliphatic imine (C=N–C) groups is 1. The SMILES string of the molecule is Cc1ccccc1N1C(N)=NCC1C. The Labute approximate surface area is 84.2 Å². The number of benzene rings is 1. The minimum Gasteiger partial charge on any atom is -0.370 e. The molecule has 0 spiro atoms. The quantitative estimate of drug-likeness (QED) is 0.727. The predicted molar refractivity (Wildman–Crippen MR) is 59.6 cm³/mol. The lowest BCUT2D eigenvalue weighted by Crippen LogP contribution is -2.39. The molecule has 0 fully saturated rings. The molecule has 1 aromatic carbocycles. The minimum absolute atomic E-state index is 0.371. The Morgan fingerprint density at radius 1 is 1.43 bits per heavy atom. The summed E-state index contributed by atoms with van der Waals surface area (Å²) in [6, 6.07) is 8.61. The van der Waals surface area contributed by atoms with Gasteiger partial charge in [0.2, 0.25) is 0 Å². The third kappa shape index (κ3) is 1.35. The molecule has 1 aromatic rings. The van der Waals surface area contributed by atoms with Crippen LogP contribution in [0.25, 0.3) is 0 Å². The smallest absolute Gasteiger partial charge is 0.196 e. The molecule has 1 aliphatic heterocycles. The molecule has 0 radical (unpaired) electrons. The number of hydrogen-bond acceptors (Lipinski definition) is 3. The molecule has 1 aliphatic rings. The molecule has 0 amide bonds. The van der Waals surface area contributed by atoms with Crippen molar-refractivity contribution in [3.63, 3.8) is 0 Å². The lowest BCUT2D eigenvalue weighted by molar-refractivity contribution is 0.782. The van der Waals surface area contributed by atoms with E-state index in [2.05, 4.69) is 35.9 Å².